The predicted molar refractivity (Wildman–Crippen MR) is 84.0 cm³/mol. The zero-order valence-electron chi connectivity index (χ0n) is 13.0. The normalized spacial score (nSPS) is 12.4. The molecule has 2 aromatic heterocycles. The van der Waals surface area contributed by atoms with Crippen LogP contribution in [0.15, 0.2) is 42.9 Å². The second kappa shape index (κ2) is 7.74. The van der Waals surface area contributed by atoms with E-state index in [2.05, 4.69) is 46.9 Å². The van der Waals surface area contributed by atoms with Gasteiger partial charge >= 0.3 is 0 Å². The van der Waals surface area contributed by atoms with Crippen molar-refractivity contribution in [3.63, 3.8) is 0 Å². The summed E-state index contributed by atoms with van der Waals surface area (Å²) in [5, 5.41) is 0. The van der Waals surface area contributed by atoms with Gasteiger partial charge in [0.2, 0.25) is 5.88 Å². The number of hydrogen-bond acceptors (Lipinski definition) is 4. The fourth-order valence-corrected chi connectivity index (χ4v) is 2.21. The van der Waals surface area contributed by atoms with E-state index in [1.165, 1.54) is 11.1 Å². The van der Waals surface area contributed by atoms with Crippen molar-refractivity contribution in [2.24, 2.45) is 0 Å². The van der Waals surface area contributed by atoms with E-state index in [0.29, 0.717) is 11.9 Å². The molecule has 1 atom stereocenters. The van der Waals surface area contributed by atoms with E-state index in [9.17, 15) is 0 Å². The van der Waals surface area contributed by atoms with Crippen LogP contribution in [0, 0.1) is 0 Å². The molecule has 2 aromatic rings. The fourth-order valence-electron chi connectivity index (χ4n) is 2.21. The zero-order chi connectivity index (χ0) is 15.1. The molecule has 0 aliphatic carbocycles. The Balaban J connectivity index is 2.08. The van der Waals surface area contributed by atoms with Gasteiger partial charge in [-0.3, -0.25) is 9.88 Å². The molecule has 112 valence electrons. The molecule has 0 aliphatic heterocycles. The van der Waals surface area contributed by atoms with E-state index >= 15 is 0 Å². The molecule has 0 fully saturated rings. The van der Waals surface area contributed by atoms with Crippen LogP contribution in [0.1, 0.15) is 31.4 Å². The highest BCUT2D eigenvalue weighted by Gasteiger charge is 2.13. The second-order valence-corrected chi connectivity index (χ2v) is 5.23. The average molecular weight is 285 g/mol. The molecule has 2 heterocycles. The molecule has 0 aromatic carbocycles. The quantitative estimate of drug-likeness (QED) is 0.782. The summed E-state index contributed by atoms with van der Waals surface area (Å²) in [6, 6.07) is 8.65. The lowest BCUT2D eigenvalue weighted by molar-refractivity contribution is 0.186. The topological polar surface area (TPSA) is 38.2 Å². The van der Waals surface area contributed by atoms with Gasteiger partial charge in [-0.25, -0.2) is 4.98 Å². The van der Waals surface area contributed by atoms with Gasteiger partial charge in [-0.15, -0.1) is 0 Å². The first-order chi connectivity index (χ1) is 10.2. The van der Waals surface area contributed by atoms with E-state index < -0.39 is 0 Å². The molecule has 0 amide bonds. The van der Waals surface area contributed by atoms with Crippen molar-refractivity contribution in [3.8, 4) is 5.88 Å². The van der Waals surface area contributed by atoms with E-state index in [-0.39, 0.29) is 0 Å². The number of pyridine rings is 2. The fraction of sp³-hybridized carbons (Fsp3) is 0.412. The van der Waals surface area contributed by atoms with Crippen molar-refractivity contribution in [3.05, 3.63) is 54.0 Å². The van der Waals surface area contributed by atoms with Crippen molar-refractivity contribution < 1.29 is 4.74 Å². The van der Waals surface area contributed by atoms with Gasteiger partial charge in [0.25, 0.3) is 0 Å². The van der Waals surface area contributed by atoms with Crippen molar-refractivity contribution in [1.82, 2.24) is 14.9 Å². The summed E-state index contributed by atoms with van der Waals surface area (Å²) in [7, 11) is 1.64. The SMILES string of the molecule is CC[C@@H](C)N(Cc1ccncc1)Cc1ccc(OC)nc1. The molecule has 4 heteroatoms. The van der Waals surface area contributed by atoms with Crippen LogP contribution >= 0.6 is 0 Å². The monoisotopic (exact) mass is 285 g/mol. The van der Waals surface area contributed by atoms with Crippen LogP contribution in [0.4, 0.5) is 0 Å². The first kappa shape index (κ1) is 15.4. The number of aromatic nitrogens is 2. The lowest BCUT2D eigenvalue weighted by Gasteiger charge is -2.28. The van der Waals surface area contributed by atoms with Crippen LogP contribution in [-0.2, 0) is 13.1 Å². The van der Waals surface area contributed by atoms with Crippen LogP contribution in [-0.4, -0.2) is 28.0 Å². The molecule has 4 nitrogen and oxygen atoms in total. The molecule has 0 saturated heterocycles. The highest BCUT2D eigenvalue weighted by atomic mass is 16.5. The molecule has 0 N–H and O–H groups in total. The van der Waals surface area contributed by atoms with Crippen molar-refractivity contribution in [1.29, 1.82) is 0 Å². The lowest BCUT2D eigenvalue weighted by Crippen LogP contribution is -2.31. The minimum atomic E-state index is 0.514. The van der Waals surface area contributed by atoms with Gasteiger partial charge in [0.1, 0.15) is 0 Å². The van der Waals surface area contributed by atoms with Crippen LogP contribution < -0.4 is 4.74 Å². The maximum atomic E-state index is 5.11. The molecular weight excluding hydrogens is 262 g/mol. The molecule has 21 heavy (non-hydrogen) atoms. The molecule has 0 aliphatic rings. The predicted octanol–water partition coefficient (Wildman–Crippen LogP) is 3.29. The summed E-state index contributed by atoms with van der Waals surface area (Å²) in [5.41, 5.74) is 2.48. The first-order valence-corrected chi connectivity index (χ1v) is 7.34. The zero-order valence-corrected chi connectivity index (χ0v) is 13.0. The standard InChI is InChI=1S/C17H23N3O/c1-4-14(2)20(12-15-7-9-18-10-8-15)13-16-5-6-17(21-3)19-11-16/h5-11,14H,4,12-13H2,1-3H3/t14-/m1/s1. The van der Waals surface area contributed by atoms with Crippen molar-refractivity contribution >= 4 is 0 Å². The van der Waals surface area contributed by atoms with Crippen LogP contribution in [0.5, 0.6) is 5.88 Å². The van der Waals surface area contributed by atoms with Gasteiger partial charge in [-0.1, -0.05) is 13.0 Å². The molecule has 0 spiro atoms. The van der Waals surface area contributed by atoms with Crippen molar-refractivity contribution in [2.75, 3.05) is 7.11 Å². The summed E-state index contributed by atoms with van der Waals surface area (Å²) in [4.78, 5) is 10.8. The van der Waals surface area contributed by atoms with Gasteiger partial charge < -0.3 is 4.74 Å². The molecule has 0 radical (unpaired) electrons. The van der Waals surface area contributed by atoms with Gasteiger partial charge in [0, 0.05) is 43.8 Å². The van der Waals surface area contributed by atoms with Crippen LogP contribution in [0.3, 0.4) is 0 Å². The molecule has 0 unspecified atom stereocenters. The number of nitrogens with zero attached hydrogens (tertiary/aromatic N) is 3. The van der Waals surface area contributed by atoms with E-state index in [1.54, 1.807) is 7.11 Å². The van der Waals surface area contributed by atoms with Gasteiger partial charge in [-0.05, 0) is 36.6 Å². The summed E-state index contributed by atoms with van der Waals surface area (Å²) in [5.74, 6) is 0.656. The van der Waals surface area contributed by atoms with Crippen molar-refractivity contribution in [2.45, 2.75) is 39.4 Å². The van der Waals surface area contributed by atoms with Gasteiger partial charge in [0.15, 0.2) is 0 Å². The minimum absolute atomic E-state index is 0.514. The Hall–Kier alpha value is -1.94. The molecule has 2 rings (SSSR count). The number of rotatable bonds is 7. The first-order valence-electron chi connectivity index (χ1n) is 7.34. The highest BCUT2D eigenvalue weighted by Crippen LogP contribution is 2.15. The third-order valence-corrected chi connectivity index (χ3v) is 3.74. The lowest BCUT2D eigenvalue weighted by atomic mass is 10.1. The summed E-state index contributed by atoms with van der Waals surface area (Å²) >= 11 is 0. The largest absolute Gasteiger partial charge is 0.481 e. The van der Waals surface area contributed by atoms with E-state index in [1.807, 2.05) is 24.7 Å². The van der Waals surface area contributed by atoms with E-state index in [0.717, 1.165) is 19.5 Å². The Morgan fingerprint density at radius 3 is 2.38 bits per heavy atom. The Kier molecular flexibility index (Phi) is 5.69. The molecule has 0 bridgehead atoms. The molecule has 0 saturated carbocycles. The van der Waals surface area contributed by atoms with Gasteiger partial charge in [-0.2, -0.15) is 0 Å². The third-order valence-electron chi connectivity index (χ3n) is 3.74. The van der Waals surface area contributed by atoms with Crippen LogP contribution in [0.2, 0.25) is 0 Å². The highest BCUT2D eigenvalue weighted by molar-refractivity contribution is 5.18. The number of methoxy groups -OCH3 is 1. The maximum Gasteiger partial charge on any atom is 0.212 e. The number of ether oxygens (including phenoxy) is 1. The molecular formula is C17H23N3O. The Morgan fingerprint density at radius 2 is 1.81 bits per heavy atom. The average Bonchev–Trinajstić information content (AvgIpc) is 2.55. The third kappa shape index (κ3) is 4.53. The second-order valence-electron chi connectivity index (χ2n) is 5.23. The van der Waals surface area contributed by atoms with Gasteiger partial charge in [0.05, 0.1) is 7.11 Å². The summed E-state index contributed by atoms with van der Waals surface area (Å²) < 4.78 is 5.11. The maximum absolute atomic E-state index is 5.11. The smallest absolute Gasteiger partial charge is 0.212 e. The summed E-state index contributed by atoms with van der Waals surface area (Å²) in [6.45, 7) is 6.28. The Bertz CT molecular complexity index is 527. The van der Waals surface area contributed by atoms with E-state index in [4.69, 9.17) is 4.74 Å². The summed E-state index contributed by atoms with van der Waals surface area (Å²) in [6.07, 6.45) is 6.70. The number of hydrogen-bond donors (Lipinski definition) is 0. The Labute approximate surface area is 126 Å². The Morgan fingerprint density at radius 1 is 1.10 bits per heavy atom. The minimum Gasteiger partial charge on any atom is -0.481 e. The van der Waals surface area contributed by atoms with Crippen LogP contribution in [0.25, 0.3) is 0 Å².